The van der Waals surface area contributed by atoms with Crippen LogP contribution in [0.3, 0.4) is 0 Å². The molecule has 1 fully saturated rings. The number of nitrogens with zero attached hydrogens (tertiary/aromatic N) is 4. The molecule has 238 valence electrons. The fourth-order valence-corrected chi connectivity index (χ4v) is 7.26. The van der Waals surface area contributed by atoms with Gasteiger partial charge in [0, 0.05) is 36.8 Å². The highest BCUT2D eigenvalue weighted by atomic mass is 32.2. The van der Waals surface area contributed by atoms with E-state index in [1.54, 1.807) is 40.3 Å². The highest BCUT2D eigenvalue weighted by Crippen LogP contribution is 2.50. The van der Waals surface area contributed by atoms with E-state index in [9.17, 15) is 22.5 Å². The number of ether oxygens (including phenoxy) is 1. The largest absolute Gasteiger partial charge is 0.598 e. The summed E-state index contributed by atoms with van der Waals surface area (Å²) in [5.74, 6) is 0.251. The van der Waals surface area contributed by atoms with E-state index in [-0.39, 0.29) is 29.3 Å². The van der Waals surface area contributed by atoms with Crippen LogP contribution in [0.1, 0.15) is 98.9 Å². The van der Waals surface area contributed by atoms with Crippen LogP contribution in [0.15, 0.2) is 42.7 Å². The van der Waals surface area contributed by atoms with Crippen molar-refractivity contribution in [2.45, 2.75) is 89.4 Å². The Labute approximate surface area is 259 Å². The number of nitrogens with one attached hydrogen (secondary N) is 1. The van der Waals surface area contributed by atoms with Crippen LogP contribution >= 0.6 is 0 Å². The summed E-state index contributed by atoms with van der Waals surface area (Å²) in [7, 11) is 3.53. The summed E-state index contributed by atoms with van der Waals surface area (Å²) in [5, 5.41) is 8.44. The van der Waals surface area contributed by atoms with E-state index in [4.69, 9.17) is 4.74 Å². The highest BCUT2D eigenvalue weighted by molar-refractivity contribution is 7.90. The molecule has 1 N–H and O–H groups in total. The lowest BCUT2D eigenvalue weighted by Gasteiger charge is -2.46. The van der Waals surface area contributed by atoms with Gasteiger partial charge in [-0.2, -0.15) is 13.2 Å². The first-order valence-electron chi connectivity index (χ1n) is 14.6. The van der Waals surface area contributed by atoms with Gasteiger partial charge in [-0.05, 0) is 80.0 Å². The molecule has 2 heterocycles. The van der Waals surface area contributed by atoms with Crippen LogP contribution in [0.5, 0.6) is 0 Å². The van der Waals surface area contributed by atoms with Crippen LogP contribution in [0, 0.1) is 5.41 Å². The lowest BCUT2D eigenvalue weighted by atomic mass is 9.62. The van der Waals surface area contributed by atoms with Crippen LogP contribution in [0.4, 0.5) is 18.9 Å². The molecule has 2 atom stereocenters. The maximum Gasteiger partial charge on any atom is 0.416 e. The zero-order valence-electron chi connectivity index (χ0n) is 26.4. The van der Waals surface area contributed by atoms with Crippen molar-refractivity contribution >= 4 is 23.0 Å². The number of carbonyl (C=O) groups is 1. The number of hydrogen-bond donors (Lipinski definition) is 1. The second-order valence-corrected chi connectivity index (χ2v) is 15.9. The molecule has 1 aliphatic carbocycles. The number of aromatic nitrogens is 3. The van der Waals surface area contributed by atoms with E-state index >= 15 is 0 Å². The van der Waals surface area contributed by atoms with Crippen LogP contribution in [0.2, 0.25) is 0 Å². The van der Waals surface area contributed by atoms with E-state index in [1.165, 1.54) is 11.0 Å². The Balaban J connectivity index is 1.56. The molecule has 1 aromatic heterocycles. The van der Waals surface area contributed by atoms with Gasteiger partial charge in [-0.25, -0.2) is 0 Å². The minimum Gasteiger partial charge on any atom is -0.598 e. The van der Waals surface area contributed by atoms with Gasteiger partial charge in [0.05, 0.1) is 29.7 Å². The number of alkyl halides is 3. The quantitative estimate of drug-likeness (QED) is 0.311. The number of amides is 1. The minimum absolute atomic E-state index is 0.00363. The van der Waals surface area contributed by atoms with Crippen LogP contribution in [-0.4, -0.2) is 43.2 Å². The van der Waals surface area contributed by atoms with E-state index < -0.39 is 50.6 Å². The predicted octanol–water partition coefficient (Wildman–Crippen LogP) is 6.23. The van der Waals surface area contributed by atoms with Crippen LogP contribution in [0.25, 0.3) is 0 Å². The fraction of sp³-hybridized carbons (Fsp3) is 0.531. The highest BCUT2D eigenvalue weighted by Gasteiger charge is 2.51. The Morgan fingerprint density at radius 3 is 2.34 bits per heavy atom. The zero-order valence-corrected chi connectivity index (χ0v) is 27.2. The molecule has 1 amide bonds. The molecule has 0 saturated heterocycles. The summed E-state index contributed by atoms with van der Waals surface area (Å²) in [6, 6.07) is 9.31. The van der Waals surface area contributed by atoms with Gasteiger partial charge in [0.2, 0.25) is 0 Å². The SMILES string of the molecule is COC1CC(c2cccc(N3Cc4c(cc(C(N[S@+]([O-])C(C)(C)C)C(C)(C)C)cc4C(F)(F)F)C3=O)c2)(c2nncn2C)C1. The normalized spacial score (nSPS) is 22.1. The van der Waals surface area contributed by atoms with Gasteiger partial charge in [-0.3, -0.25) is 4.79 Å². The molecule has 1 aliphatic heterocycles. The van der Waals surface area contributed by atoms with Crippen LogP contribution in [-0.2, 0) is 41.3 Å². The smallest absolute Gasteiger partial charge is 0.416 e. The number of benzene rings is 2. The lowest BCUT2D eigenvalue weighted by Crippen LogP contribution is -2.48. The summed E-state index contributed by atoms with van der Waals surface area (Å²) in [4.78, 5) is 15.3. The van der Waals surface area contributed by atoms with E-state index in [1.807, 2.05) is 50.6 Å². The maximum atomic E-state index is 14.6. The minimum atomic E-state index is -4.69. The summed E-state index contributed by atoms with van der Waals surface area (Å²) >= 11 is -1.56. The molecule has 8 nitrogen and oxygen atoms in total. The number of fused-ring (bicyclic) bond motifs is 1. The van der Waals surface area contributed by atoms with Crippen molar-refractivity contribution in [2.24, 2.45) is 12.5 Å². The molecule has 1 saturated carbocycles. The Morgan fingerprint density at radius 2 is 1.80 bits per heavy atom. The van der Waals surface area contributed by atoms with Crippen molar-refractivity contribution in [1.82, 2.24) is 19.5 Å². The Kier molecular flexibility index (Phi) is 8.23. The second kappa shape index (κ2) is 11.1. The van der Waals surface area contributed by atoms with Crippen molar-refractivity contribution in [3.8, 4) is 0 Å². The zero-order chi connectivity index (χ0) is 32.4. The number of anilines is 1. The van der Waals surface area contributed by atoms with Gasteiger partial charge in [-0.15, -0.1) is 14.9 Å². The van der Waals surface area contributed by atoms with E-state index in [0.717, 1.165) is 17.5 Å². The molecule has 0 spiro atoms. The number of halogens is 3. The number of methoxy groups -OCH3 is 1. The summed E-state index contributed by atoms with van der Waals surface area (Å²) in [6.07, 6.45) is -1.72. The van der Waals surface area contributed by atoms with Gasteiger partial charge >= 0.3 is 6.18 Å². The lowest BCUT2D eigenvalue weighted by molar-refractivity contribution is -0.138. The standard InChI is InChI=1S/C32H40F3N5O3S/c1-29(2,3)26(38-44(42)30(4,5)6)19-12-23-24(25(13-19)32(33,34)35)17-40(27(23)41)21-11-9-10-20(14-21)31(15-22(16-31)43-8)28-37-36-18-39(28)7/h9-14,18,22,26,38H,15-17H2,1-8H3/t22?,26?,31?,44-/m1/s1. The number of aryl methyl sites for hydroxylation is 1. The van der Waals surface area contributed by atoms with Gasteiger partial charge in [-0.1, -0.05) is 32.9 Å². The Hall–Kier alpha value is -2.93. The molecule has 0 radical (unpaired) electrons. The summed E-state index contributed by atoms with van der Waals surface area (Å²) < 4.78 is 66.7. The average Bonchev–Trinajstić information content (AvgIpc) is 3.48. The number of rotatable bonds is 7. The molecule has 2 aliphatic rings. The van der Waals surface area contributed by atoms with Crippen molar-refractivity contribution in [1.29, 1.82) is 0 Å². The monoisotopic (exact) mass is 631 g/mol. The fourth-order valence-electron chi connectivity index (χ4n) is 6.21. The molecule has 1 unspecified atom stereocenters. The van der Waals surface area contributed by atoms with Crippen molar-refractivity contribution < 1.29 is 27.3 Å². The topological polar surface area (TPSA) is 95.3 Å². The molecule has 2 aromatic carbocycles. The number of carbonyl (C=O) groups excluding carboxylic acids is 1. The first-order valence-corrected chi connectivity index (χ1v) is 15.7. The van der Waals surface area contributed by atoms with Gasteiger partial charge in [0.15, 0.2) is 0 Å². The molecule has 44 heavy (non-hydrogen) atoms. The van der Waals surface area contributed by atoms with Crippen LogP contribution < -0.4 is 9.62 Å². The first-order chi connectivity index (χ1) is 20.4. The third kappa shape index (κ3) is 5.77. The third-order valence-corrected chi connectivity index (χ3v) is 10.2. The third-order valence-electron chi connectivity index (χ3n) is 8.69. The van der Waals surface area contributed by atoms with Gasteiger partial charge in [0.25, 0.3) is 5.91 Å². The Morgan fingerprint density at radius 1 is 1.11 bits per heavy atom. The van der Waals surface area contributed by atoms with Crippen molar-refractivity contribution in [3.05, 3.63) is 76.4 Å². The summed E-state index contributed by atoms with van der Waals surface area (Å²) in [5.41, 5.74) is -0.364. The molecular weight excluding hydrogens is 591 g/mol. The van der Waals surface area contributed by atoms with Crippen molar-refractivity contribution in [2.75, 3.05) is 12.0 Å². The van der Waals surface area contributed by atoms with Gasteiger partial charge in [0.1, 0.15) is 16.9 Å². The van der Waals surface area contributed by atoms with E-state index in [2.05, 4.69) is 14.9 Å². The molecule has 12 heteroatoms. The number of hydrogen-bond acceptors (Lipinski definition) is 6. The van der Waals surface area contributed by atoms with Gasteiger partial charge < -0.3 is 18.8 Å². The predicted molar refractivity (Wildman–Crippen MR) is 163 cm³/mol. The first kappa shape index (κ1) is 32.5. The maximum absolute atomic E-state index is 14.6. The molecule has 5 rings (SSSR count). The Bertz CT molecular complexity index is 1550. The molecular formula is C32H40F3N5O3S. The van der Waals surface area contributed by atoms with E-state index in [0.29, 0.717) is 18.5 Å². The molecule has 0 bridgehead atoms. The molecule has 3 aromatic rings. The second-order valence-electron chi connectivity index (χ2n) is 13.9. The average molecular weight is 632 g/mol. The summed E-state index contributed by atoms with van der Waals surface area (Å²) in [6.45, 7) is 10.8. The van der Waals surface area contributed by atoms with Crippen molar-refractivity contribution in [3.63, 3.8) is 0 Å².